The van der Waals surface area contributed by atoms with Crippen molar-refractivity contribution in [3.05, 3.63) is 29.6 Å². The normalized spacial score (nSPS) is 20.5. The van der Waals surface area contributed by atoms with Crippen LogP contribution >= 0.6 is 0 Å². The Morgan fingerprint density at radius 1 is 1.39 bits per heavy atom. The van der Waals surface area contributed by atoms with Crippen LogP contribution in [0.5, 0.6) is 0 Å². The van der Waals surface area contributed by atoms with Gasteiger partial charge in [-0.1, -0.05) is 26.8 Å². The summed E-state index contributed by atoms with van der Waals surface area (Å²) in [5.74, 6) is 0.485. The minimum atomic E-state index is -0.146. The van der Waals surface area contributed by atoms with Gasteiger partial charge in [-0.2, -0.15) is 0 Å². The smallest absolute Gasteiger partial charge is 0.146 e. The van der Waals surface area contributed by atoms with Gasteiger partial charge in [0.2, 0.25) is 0 Å². The average molecular weight is 250 g/mol. The third-order valence-electron chi connectivity index (χ3n) is 4.00. The van der Waals surface area contributed by atoms with Crippen LogP contribution in [0.4, 0.5) is 10.1 Å². The van der Waals surface area contributed by atoms with Gasteiger partial charge in [0.05, 0.1) is 5.69 Å². The Morgan fingerprint density at radius 2 is 2.11 bits per heavy atom. The highest BCUT2D eigenvalue weighted by Gasteiger charge is 2.32. The van der Waals surface area contributed by atoms with E-state index in [0.29, 0.717) is 17.9 Å². The minimum absolute atomic E-state index is 0.146. The molecule has 1 aliphatic heterocycles. The molecule has 100 valence electrons. The summed E-state index contributed by atoms with van der Waals surface area (Å²) < 4.78 is 14.0. The summed E-state index contributed by atoms with van der Waals surface area (Å²) in [4.78, 5) is 2.16. The van der Waals surface area contributed by atoms with E-state index in [2.05, 4.69) is 25.7 Å². The van der Waals surface area contributed by atoms with Crippen molar-refractivity contribution in [2.45, 2.75) is 33.7 Å². The van der Waals surface area contributed by atoms with Crippen molar-refractivity contribution < 1.29 is 4.39 Å². The molecule has 1 fully saturated rings. The Balaban J connectivity index is 2.14. The maximum Gasteiger partial charge on any atom is 0.146 e. The highest BCUT2D eigenvalue weighted by atomic mass is 19.1. The highest BCUT2D eigenvalue weighted by Crippen LogP contribution is 2.36. The van der Waals surface area contributed by atoms with Gasteiger partial charge in [-0.15, -0.1) is 0 Å². The van der Waals surface area contributed by atoms with E-state index in [4.69, 9.17) is 5.73 Å². The molecule has 1 heterocycles. The lowest BCUT2D eigenvalue weighted by Gasteiger charge is -2.27. The molecule has 0 saturated carbocycles. The summed E-state index contributed by atoms with van der Waals surface area (Å²) in [6, 6.07) is 5.34. The van der Waals surface area contributed by atoms with Crippen molar-refractivity contribution in [3.8, 4) is 0 Å². The van der Waals surface area contributed by atoms with Gasteiger partial charge in [0.1, 0.15) is 5.82 Å². The number of benzene rings is 1. The molecule has 0 amide bonds. The molecule has 2 nitrogen and oxygen atoms in total. The Labute approximate surface area is 109 Å². The van der Waals surface area contributed by atoms with E-state index in [-0.39, 0.29) is 5.82 Å². The highest BCUT2D eigenvalue weighted by molar-refractivity contribution is 5.50. The van der Waals surface area contributed by atoms with Gasteiger partial charge in [-0.05, 0) is 35.4 Å². The number of hydrogen-bond donors (Lipinski definition) is 1. The van der Waals surface area contributed by atoms with Gasteiger partial charge in [0, 0.05) is 19.6 Å². The number of nitrogens with two attached hydrogens (primary N) is 1. The molecule has 0 radical (unpaired) electrons. The fourth-order valence-electron chi connectivity index (χ4n) is 2.62. The van der Waals surface area contributed by atoms with Gasteiger partial charge in [0.15, 0.2) is 0 Å². The van der Waals surface area contributed by atoms with E-state index >= 15 is 0 Å². The summed E-state index contributed by atoms with van der Waals surface area (Å²) in [7, 11) is 0. The van der Waals surface area contributed by atoms with Crippen LogP contribution in [0.15, 0.2) is 18.2 Å². The minimum Gasteiger partial charge on any atom is -0.369 e. The average Bonchev–Trinajstić information content (AvgIpc) is 2.77. The SMILES string of the molecule is CC(C)(C)C1CCN(c2ccc(CN)cc2F)C1. The fourth-order valence-corrected chi connectivity index (χ4v) is 2.62. The zero-order valence-corrected chi connectivity index (χ0v) is 11.5. The first-order valence-corrected chi connectivity index (χ1v) is 6.65. The lowest BCUT2D eigenvalue weighted by molar-refractivity contribution is 0.263. The van der Waals surface area contributed by atoms with Crippen LogP contribution in [0.3, 0.4) is 0 Å². The molecule has 1 saturated heterocycles. The van der Waals surface area contributed by atoms with Crippen LogP contribution in [0.2, 0.25) is 0 Å². The zero-order valence-electron chi connectivity index (χ0n) is 11.5. The summed E-state index contributed by atoms with van der Waals surface area (Å²) in [6.45, 7) is 9.06. The molecule has 3 heteroatoms. The second-order valence-electron chi connectivity index (χ2n) is 6.29. The molecule has 2 rings (SSSR count). The monoisotopic (exact) mass is 250 g/mol. The molecule has 0 bridgehead atoms. The largest absolute Gasteiger partial charge is 0.369 e. The Hall–Kier alpha value is -1.09. The lowest BCUT2D eigenvalue weighted by Crippen LogP contribution is -2.26. The molecule has 1 unspecified atom stereocenters. The molecular formula is C15H23FN2. The molecule has 0 aromatic heterocycles. The quantitative estimate of drug-likeness (QED) is 0.873. The molecule has 2 N–H and O–H groups in total. The molecular weight excluding hydrogens is 227 g/mol. The van der Waals surface area contributed by atoms with Crippen molar-refractivity contribution in [3.63, 3.8) is 0 Å². The van der Waals surface area contributed by atoms with Crippen LogP contribution in [-0.4, -0.2) is 13.1 Å². The predicted octanol–water partition coefficient (Wildman–Crippen LogP) is 3.16. The van der Waals surface area contributed by atoms with Crippen molar-refractivity contribution in [1.29, 1.82) is 0 Å². The molecule has 1 aromatic carbocycles. The van der Waals surface area contributed by atoms with Crippen molar-refractivity contribution >= 4 is 5.69 Å². The van der Waals surface area contributed by atoms with E-state index in [0.717, 1.165) is 30.8 Å². The first-order valence-electron chi connectivity index (χ1n) is 6.65. The summed E-state index contributed by atoms with van der Waals surface area (Å²) in [6.07, 6.45) is 1.14. The van der Waals surface area contributed by atoms with Crippen LogP contribution in [0.25, 0.3) is 0 Å². The van der Waals surface area contributed by atoms with Crippen molar-refractivity contribution in [2.75, 3.05) is 18.0 Å². The predicted molar refractivity (Wildman–Crippen MR) is 74.1 cm³/mol. The van der Waals surface area contributed by atoms with Gasteiger partial charge < -0.3 is 10.6 Å². The van der Waals surface area contributed by atoms with Crippen LogP contribution in [0, 0.1) is 17.2 Å². The van der Waals surface area contributed by atoms with E-state index < -0.39 is 0 Å². The number of hydrogen-bond acceptors (Lipinski definition) is 2. The first-order chi connectivity index (χ1) is 8.41. The standard InChI is InChI=1S/C15H23FN2/c1-15(2,3)12-6-7-18(10-12)14-5-4-11(9-17)8-13(14)16/h4-5,8,12H,6-7,9-10,17H2,1-3H3. The summed E-state index contributed by atoms with van der Waals surface area (Å²) in [5.41, 5.74) is 7.39. The summed E-state index contributed by atoms with van der Waals surface area (Å²) in [5, 5.41) is 0. The van der Waals surface area contributed by atoms with E-state index in [1.807, 2.05) is 12.1 Å². The first kappa shape index (κ1) is 13.3. The number of nitrogens with zero attached hydrogens (tertiary/aromatic N) is 1. The maximum atomic E-state index is 14.0. The molecule has 1 aliphatic rings. The second-order valence-corrected chi connectivity index (χ2v) is 6.29. The number of halogens is 1. The summed E-state index contributed by atoms with van der Waals surface area (Å²) >= 11 is 0. The fraction of sp³-hybridized carbons (Fsp3) is 0.600. The van der Waals surface area contributed by atoms with Gasteiger partial charge in [-0.25, -0.2) is 4.39 Å². The Kier molecular flexibility index (Phi) is 3.62. The molecule has 0 aliphatic carbocycles. The zero-order chi connectivity index (χ0) is 13.3. The van der Waals surface area contributed by atoms with Crippen molar-refractivity contribution in [2.24, 2.45) is 17.1 Å². The Morgan fingerprint density at radius 3 is 2.61 bits per heavy atom. The molecule has 0 spiro atoms. The third-order valence-corrected chi connectivity index (χ3v) is 4.00. The van der Waals surface area contributed by atoms with Gasteiger partial charge in [-0.3, -0.25) is 0 Å². The molecule has 18 heavy (non-hydrogen) atoms. The number of anilines is 1. The van der Waals surface area contributed by atoms with Crippen LogP contribution in [-0.2, 0) is 6.54 Å². The number of rotatable bonds is 2. The van der Waals surface area contributed by atoms with Gasteiger partial charge >= 0.3 is 0 Å². The van der Waals surface area contributed by atoms with E-state index in [9.17, 15) is 4.39 Å². The van der Waals surface area contributed by atoms with Crippen molar-refractivity contribution in [1.82, 2.24) is 0 Å². The maximum absolute atomic E-state index is 14.0. The van der Waals surface area contributed by atoms with E-state index in [1.54, 1.807) is 6.07 Å². The third kappa shape index (κ3) is 2.66. The van der Waals surface area contributed by atoms with Crippen LogP contribution < -0.4 is 10.6 Å². The Bertz CT molecular complexity index is 423. The van der Waals surface area contributed by atoms with E-state index in [1.165, 1.54) is 0 Å². The second kappa shape index (κ2) is 4.88. The van der Waals surface area contributed by atoms with Gasteiger partial charge in [0.25, 0.3) is 0 Å². The van der Waals surface area contributed by atoms with Crippen LogP contribution in [0.1, 0.15) is 32.8 Å². The molecule has 1 atom stereocenters. The topological polar surface area (TPSA) is 29.3 Å². The lowest BCUT2D eigenvalue weighted by atomic mass is 9.80. The molecule has 1 aromatic rings.